The molecule has 0 spiro atoms. The molecule has 1 aromatic heterocycles. The smallest absolute Gasteiger partial charge is 0.0541 e. The molecule has 0 fully saturated rings. The van der Waals surface area contributed by atoms with E-state index in [4.69, 9.17) is 0 Å². The Labute approximate surface area is 238 Å². The van der Waals surface area contributed by atoms with Crippen LogP contribution in [0.25, 0.3) is 82.6 Å². The molecule has 0 aliphatic heterocycles. The summed E-state index contributed by atoms with van der Waals surface area (Å²) in [5, 5.41) is 6.52. The zero-order valence-electron chi connectivity index (χ0n) is 22.4. The van der Waals surface area contributed by atoms with Gasteiger partial charge in [0, 0.05) is 22.8 Å². The molecule has 190 valence electrons. The second-order valence-electron chi connectivity index (χ2n) is 10.9. The van der Waals surface area contributed by atoms with Gasteiger partial charge in [0.05, 0.1) is 5.52 Å². The van der Waals surface area contributed by atoms with Gasteiger partial charge in [-0.05, 0) is 78.7 Å². The van der Waals surface area contributed by atoms with E-state index in [0.717, 1.165) is 0 Å². The molecule has 0 saturated heterocycles. The fraction of sp³-hybridized carbons (Fsp3) is 0. The summed E-state index contributed by atoms with van der Waals surface area (Å²) in [4.78, 5) is 0. The largest absolute Gasteiger partial charge is 0.316 e. The van der Waals surface area contributed by atoms with Crippen molar-refractivity contribution < 1.29 is 0 Å². The Morgan fingerprint density at radius 2 is 0.927 bits per heavy atom. The van der Waals surface area contributed by atoms with E-state index in [-0.39, 0.29) is 0 Å². The molecule has 1 aliphatic carbocycles. The summed E-state index contributed by atoms with van der Waals surface area (Å²) in [5.74, 6) is 0. The first-order chi connectivity index (χ1) is 20.4. The molecule has 0 bridgehead atoms. The maximum Gasteiger partial charge on any atom is 0.0541 e. The van der Waals surface area contributed by atoms with Gasteiger partial charge in [-0.2, -0.15) is 0 Å². The Balaban J connectivity index is 1.43. The first kappa shape index (κ1) is 22.4. The van der Waals surface area contributed by atoms with Crippen LogP contribution in [0.1, 0.15) is 0 Å². The number of rotatable bonds is 2. The highest BCUT2D eigenvalue weighted by atomic mass is 15.0. The summed E-state index contributed by atoms with van der Waals surface area (Å²) >= 11 is 0. The normalized spacial score (nSPS) is 11.9. The van der Waals surface area contributed by atoms with Crippen LogP contribution in [0.5, 0.6) is 0 Å². The number of aromatic nitrogens is 1. The summed E-state index contributed by atoms with van der Waals surface area (Å²) in [6, 6.07) is 53.1. The lowest BCUT2D eigenvalue weighted by Gasteiger charge is -2.19. The van der Waals surface area contributed by atoms with Crippen LogP contribution in [0.4, 0.5) is 0 Å². The standard InChI is InChI=1S/C40H25N/c1-2-12-26(13-3-1)27-14-10-15-28(24-27)41-25-36-31-18-6-9-21-34(31)39-32-19-7-4-16-29(32)30-17-5-8-20-33(30)40(39)35-22-11-23-37(41)38(35)36/h1-25H. The summed E-state index contributed by atoms with van der Waals surface area (Å²) in [6.45, 7) is 0. The summed E-state index contributed by atoms with van der Waals surface area (Å²) < 4.78 is 2.38. The SMILES string of the molecule is c1ccc(-c2cccc(-n3cc4c5c(cccc53)-c3c(c5ccccc5c5ccccc35)-c3ccccc3-4)c2)cc1. The molecule has 8 aromatic rings. The molecule has 41 heavy (non-hydrogen) atoms. The topological polar surface area (TPSA) is 4.93 Å². The maximum atomic E-state index is 2.38. The molecule has 0 unspecified atom stereocenters. The van der Waals surface area contributed by atoms with Gasteiger partial charge < -0.3 is 4.57 Å². The van der Waals surface area contributed by atoms with E-state index in [1.165, 1.54) is 82.6 Å². The van der Waals surface area contributed by atoms with Crippen molar-refractivity contribution >= 4 is 32.4 Å². The van der Waals surface area contributed by atoms with Gasteiger partial charge in [-0.1, -0.05) is 127 Å². The quantitative estimate of drug-likeness (QED) is 0.200. The van der Waals surface area contributed by atoms with Crippen LogP contribution in [0.3, 0.4) is 0 Å². The number of fused-ring (bicyclic) bond motifs is 10. The molecule has 0 radical (unpaired) electrons. The van der Waals surface area contributed by atoms with Crippen molar-refractivity contribution in [2.45, 2.75) is 0 Å². The second kappa shape index (κ2) is 8.55. The molecule has 0 atom stereocenters. The second-order valence-corrected chi connectivity index (χ2v) is 10.9. The molecule has 1 nitrogen and oxygen atoms in total. The lowest BCUT2D eigenvalue weighted by atomic mass is 9.85. The average Bonchev–Trinajstić information content (AvgIpc) is 3.39. The van der Waals surface area contributed by atoms with Gasteiger partial charge in [-0.3, -0.25) is 0 Å². The fourth-order valence-corrected chi connectivity index (χ4v) is 7.02. The highest BCUT2D eigenvalue weighted by molar-refractivity contribution is 6.27. The van der Waals surface area contributed by atoms with Crippen LogP contribution >= 0.6 is 0 Å². The van der Waals surface area contributed by atoms with E-state index in [1.54, 1.807) is 0 Å². The average molecular weight is 520 g/mol. The van der Waals surface area contributed by atoms with Crippen molar-refractivity contribution in [3.63, 3.8) is 0 Å². The third kappa shape index (κ3) is 3.18. The molecule has 1 heterocycles. The van der Waals surface area contributed by atoms with Crippen molar-refractivity contribution in [2.24, 2.45) is 0 Å². The van der Waals surface area contributed by atoms with Crippen molar-refractivity contribution in [3.05, 3.63) is 152 Å². The van der Waals surface area contributed by atoms with Crippen molar-refractivity contribution in [3.8, 4) is 50.2 Å². The molecule has 1 heteroatoms. The van der Waals surface area contributed by atoms with E-state index >= 15 is 0 Å². The predicted molar refractivity (Wildman–Crippen MR) is 174 cm³/mol. The minimum atomic E-state index is 1.17. The maximum absolute atomic E-state index is 2.38. The van der Waals surface area contributed by atoms with E-state index in [1.807, 2.05) is 0 Å². The minimum Gasteiger partial charge on any atom is -0.316 e. The molecular formula is C40H25N. The minimum absolute atomic E-state index is 1.17. The monoisotopic (exact) mass is 519 g/mol. The first-order valence-corrected chi connectivity index (χ1v) is 14.2. The van der Waals surface area contributed by atoms with Gasteiger partial charge >= 0.3 is 0 Å². The lowest BCUT2D eigenvalue weighted by Crippen LogP contribution is -1.94. The van der Waals surface area contributed by atoms with E-state index in [2.05, 4.69) is 156 Å². The molecule has 0 N–H and O–H groups in total. The highest BCUT2D eigenvalue weighted by Crippen LogP contribution is 2.53. The van der Waals surface area contributed by atoms with Crippen LogP contribution in [0.15, 0.2) is 152 Å². The molecule has 9 rings (SSSR count). The highest BCUT2D eigenvalue weighted by Gasteiger charge is 2.27. The zero-order valence-corrected chi connectivity index (χ0v) is 22.4. The van der Waals surface area contributed by atoms with E-state index in [0.29, 0.717) is 0 Å². The van der Waals surface area contributed by atoms with Crippen LogP contribution in [-0.4, -0.2) is 4.57 Å². The van der Waals surface area contributed by atoms with Crippen molar-refractivity contribution in [1.29, 1.82) is 0 Å². The third-order valence-electron chi connectivity index (χ3n) is 8.75. The molecule has 0 saturated carbocycles. The van der Waals surface area contributed by atoms with Gasteiger partial charge in [0.1, 0.15) is 0 Å². The third-order valence-corrected chi connectivity index (χ3v) is 8.75. The Morgan fingerprint density at radius 3 is 1.68 bits per heavy atom. The van der Waals surface area contributed by atoms with Crippen molar-refractivity contribution in [2.75, 3.05) is 0 Å². The molecular weight excluding hydrogens is 494 g/mol. The molecule has 1 aliphatic rings. The zero-order chi connectivity index (χ0) is 26.9. The van der Waals surface area contributed by atoms with Crippen LogP contribution in [0, 0.1) is 0 Å². The summed E-state index contributed by atoms with van der Waals surface area (Å²) in [6.07, 6.45) is 2.35. The Bertz CT molecular complexity index is 2300. The van der Waals surface area contributed by atoms with Gasteiger partial charge in [0.25, 0.3) is 0 Å². The predicted octanol–water partition coefficient (Wildman–Crippen LogP) is 10.9. The number of benzene rings is 7. The van der Waals surface area contributed by atoms with E-state index in [9.17, 15) is 0 Å². The molecule has 0 amide bonds. The summed E-state index contributed by atoms with van der Waals surface area (Å²) in [7, 11) is 0. The lowest BCUT2D eigenvalue weighted by molar-refractivity contribution is 1.13. The van der Waals surface area contributed by atoms with Crippen LogP contribution in [-0.2, 0) is 0 Å². The van der Waals surface area contributed by atoms with Gasteiger partial charge in [-0.15, -0.1) is 0 Å². The number of hydrogen-bond donors (Lipinski definition) is 0. The summed E-state index contributed by atoms with van der Waals surface area (Å²) in [5.41, 5.74) is 12.6. The molecule has 7 aromatic carbocycles. The van der Waals surface area contributed by atoms with Crippen molar-refractivity contribution in [1.82, 2.24) is 4.57 Å². The Hall–Kier alpha value is -5.40. The Kier molecular flexibility index (Phi) is 4.67. The van der Waals surface area contributed by atoms with E-state index < -0.39 is 0 Å². The van der Waals surface area contributed by atoms with Gasteiger partial charge in [0.15, 0.2) is 0 Å². The van der Waals surface area contributed by atoms with Gasteiger partial charge in [-0.25, -0.2) is 0 Å². The Morgan fingerprint density at radius 1 is 0.366 bits per heavy atom. The fourth-order valence-electron chi connectivity index (χ4n) is 7.02. The number of nitrogens with zero attached hydrogens (tertiary/aromatic N) is 1. The van der Waals surface area contributed by atoms with Crippen LogP contribution < -0.4 is 0 Å². The number of hydrogen-bond acceptors (Lipinski definition) is 0. The van der Waals surface area contributed by atoms with Gasteiger partial charge in [0.2, 0.25) is 0 Å². The first-order valence-electron chi connectivity index (χ1n) is 14.2. The van der Waals surface area contributed by atoms with Crippen LogP contribution in [0.2, 0.25) is 0 Å².